The minimum absolute atomic E-state index is 0.0167. The average Bonchev–Trinajstić information content (AvgIpc) is 2.97. The number of carbonyl (C=O) groups is 2. The Morgan fingerprint density at radius 2 is 2.05 bits per heavy atom. The maximum Gasteiger partial charge on any atom is 0.226 e. The summed E-state index contributed by atoms with van der Waals surface area (Å²) in [6.07, 6.45) is 2.53. The maximum absolute atomic E-state index is 12.7. The fourth-order valence-electron chi connectivity index (χ4n) is 3.05. The van der Waals surface area contributed by atoms with E-state index in [1.165, 1.54) is 0 Å². The summed E-state index contributed by atoms with van der Waals surface area (Å²) in [5, 5.41) is 0.768. The summed E-state index contributed by atoms with van der Waals surface area (Å²) in [5.74, 6) is 1.47. The molecule has 1 unspecified atom stereocenters. The first-order valence-electron chi connectivity index (χ1n) is 7.34. The number of ketones is 1. The maximum atomic E-state index is 12.7. The smallest absolute Gasteiger partial charge is 0.226 e. The van der Waals surface area contributed by atoms with Crippen molar-refractivity contribution in [1.29, 1.82) is 0 Å². The van der Waals surface area contributed by atoms with E-state index in [0.29, 0.717) is 36.5 Å². The van der Waals surface area contributed by atoms with Gasteiger partial charge in [-0.15, -0.1) is 11.8 Å². The van der Waals surface area contributed by atoms with E-state index in [0.717, 1.165) is 17.9 Å². The highest BCUT2D eigenvalue weighted by molar-refractivity contribution is 7.99. The van der Waals surface area contributed by atoms with Crippen LogP contribution in [0.3, 0.4) is 0 Å². The van der Waals surface area contributed by atoms with Gasteiger partial charge >= 0.3 is 0 Å². The predicted octanol–water partition coefficient (Wildman–Crippen LogP) is 3.67. The molecule has 1 saturated carbocycles. The molecule has 0 aromatic heterocycles. The van der Waals surface area contributed by atoms with Gasteiger partial charge in [0, 0.05) is 36.1 Å². The fourth-order valence-corrected chi connectivity index (χ4v) is 4.51. The molecule has 1 amide bonds. The second kappa shape index (κ2) is 6.41. The van der Waals surface area contributed by atoms with Gasteiger partial charge in [0.25, 0.3) is 0 Å². The first-order valence-corrected chi connectivity index (χ1v) is 8.77. The van der Waals surface area contributed by atoms with Gasteiger partial charge in [-0.25, -0.2) is 0 Å². The van der Waals surface area contributed by atoms with E-state index < -0.39 is 0 Å². The standard InChI is InChI=1S/C16H18ClNO2S/c17-13-3-1-2-12(10-13)16-18(8-9-21-16)15(20)11-4-6-14(19)7-5-11/h1-3,10-11,16H,4-9H2. The van der Waals surface area contributed by atoms with Crippen LogP contribution in [0.25, 0.3) is 0 Å². The van der Waals surface area contributed by atoms with Crippen molar-refractivity contribution in [2.45, 2.75) is 31.1 Å². The summed E-state index contributed by atoms with van der Waals surface area (Å²) in [5.41, 5.74) is 1.09. The summed E-state index contributed by atoms with van der Waals surface area (Å²) < 4.78 is 0. The lowest BCUT2D eigenvalue weighted by molar-refractivity contribution is -0.137. The van der Waals surface area contributed by atoms with Crippen LogP contribution >= 0.6 is 23.4 Å². The second-order valence-electron chi connectivity index (χ2n) is 5.62. The molecule has 1 atom stereocenters. The molecule has 0 N–H and O–H groups in total. The van der Waals surface area contributed by atoms with Gasteiger partial charge in [-0.3, -0.25) is 9.59 Å². The molecule has 1 saturated heterocycles. The van der Waals surface area contributed by atoms with E-state index >= 15 is 0 Å². The Kier molecular flexibility index (Phi) is 4.55. The quantitative estimate of drug-likeness (QED) is 0.833. The highest BCUT2D eigenvalue weighted by atomic mass is 35.5. The minimum Gasteiger partial charge on any atom is -0.325 e. The number of hydrogen-bond donors (Lipinski definition) is 0. The van der Waals surface area contributed by atoms with E-state index in [2.05, 4.69) is 0 Å². The molecular weight excluding hydrogens is 306 g/mol. The Morgan fingerprint density at radius 3 is 2.76 bits per heavy atom. The lowest BCUT2D eigenvalue weighted by Crippen LogP contribution is -2.37. The number of hydrogen-bond acceptors (Lipinski definition) is 3. The van der Waals surface area contributed by atoms with Crippen LogP contribution in [0.1, 0.15) is 36.6 Å². The first-order chi connectivity index (χ1) is 10.1. The molecule has 0 spiro atoms. The molecular formula is C16H18ClNO2S. The molecule has 0 radical (unpaired) electrons. The average molecular weight is 324 g/mol. The number of amides is 1. The summed E-state index contributed by atoms with van der Waals surface area (Å²) in [7, 11) is 0. The number of thioether (sulfide) groups is 1. The zero-order chi connectivity index (χ0) is 14.8. The van der Waals surface area contributed by atoms with Crippen molar-refractivity contribution in [2.75, 3.05) is 12.3 Å². The third kappa shape index (κ3) is 3.27. The van der Waals surface area contributed by atoms with Crippen LogP contribution in [0.15, 0.2) is 24.3 Å². The van der Waals surface area contributed by atoms with E-state index in [1.54, 1.807) is 11.8 Å². The number of Topliss-reactive ketones (excluding diaryl/α,β-unsaturated/α-hetero) is 1. The predicted molar refractivity (Wildman–Crippen MR) is 85.3 cm³/mol. The summed E-state index contributed by atoms with van der Waals surface area (Å²) in [6.45, 7) is 0.783. The largest absolute Gasteiger partial charge is 0.325 e. The van der Waals surface area contributed by atoms with E-state index in [4.69, 9.17) is 11.6 Å². The number of nitrogens with zero attached hydrogens (tertiary/aromatic N) is 1. The highest BCUT2D eigenvalue weighted by Gasteiger charge is 2.35. The molecule has 2 fully saturated rings. The first kappa shape index (κ1) is 14.9. The molecule has 1 aromatic rings. The number of carbonyl (C=O) groups excluding carboxylic acids is 2. The zero-order valence-corrected chi connectivity index (χ0v) is 13.3. The second-order valence-corrected chi connectivity index (χ2v) is 7.25. The van der Waals surface area contributed by atoms with Crippen molar-refractivity contribution in [1.82, 2.24) is 4.90 Å². The number of benzene rings is 1. The Morgan fingerprint density at radius 1 is 1.29 bits per heavy atom. The van der Waals surface area contributed by atoms with Crippen LogP contribution in [0.5, 0.6) is 0 Å². The summed E-state index contributed by atoms with van der Waals surface area (Å²) in [4.78, 5) is 26.0. The van der Waals surface area contributed by atoms with Crippen molar-refractivity contribution in [3.05, 3.63) is 34.9 Å². The third-order valence-electron chi connectivity index (χ3n) is 4.20. The van der Waals surface area contributed by atoms with Gasteiger partial charge in [-0.05, 0) is 30.5 Å². The van der Waals surface area contributed by atoms with Crippen molar-refractivity contribution >= 4 is 35.1 Å². The van der Waals surface area contributed by atoms with Crippen LogP contribution in [0.2, 0.25) is 5.02 Å². The summed E-state index contributed by atoms with van der Waals surface area (Å²) >= 11 is 7.85. The van der Waals surface area contributed by atoms with Gasteiger partial charge in [0.05, 0.1) is 0 Å². The summed E-state index contributed by atoms with van der Waals surface area (Å²) in [6, 6.07) is 7.75. The molecule has 1 heterocycles. The molecule has 1 aromatic carbocycles. The molecule has 1 aliphatic carbocycles. The number of halogens is 1. The Bertz CT molecular complexity index is 553. The number of rotatable bonds is 2. The minimum atomic E-state index is 0.0167. The van der Waals surface area contributed by atoms with Gasteiger partial charge in [0.2, 0.25) is 5.91 Å². The van der Waals surface area contributed by atoms with Gasteiger partial charge in [0.1, 0.15) is 11.2 Å². The molecule has 2 aliphatic rings. The molecule has 112 valence electrons. The normalized spacial score (nSPS) is 23.6. The van der Waals surface area contributed by atoms with Crippen molar-refractivity contribution in [3.8, 4) is 0 Å². The van der Waals surface area contributed by atoms with Crippen LogP contribution in [-0.4, -0.2) is 28.9 Å². The Hall–Kier alpha value is -1.00. The lowest BCUT2D eigenvalue weighted by Gasteiger charge is -2.30. The monoisotopic (exact) mass is 323 g/mol. The van der Waals surface area contributed by atoms with Gasteiger partial charge in [0.15, 0.2) is 0 Å². The molecule has 5 heteroatoms. The fraction of sp³-hybridized carbons (Fsp3) is 0.500. The van der Waals surface area contributed by atoms with E-state index in [1.807, 2.05) is 29.2 Å². The van der Waals surface area contributed by atoms with E-state index in [-0.39, 0.29) is 17.2 Å². The molecule has 3 rings (SSSR count). The van der Waals surface area contributed by atoms with Crippen molar-refractivity contribution in [2.24, 2.45) is 5.92 Å². The van der Waals surface area contributed by atoms with Gasteiger partial charge < -0.3 is 4.90 Å². The topological polar surface area (TPSA) is 37.4 Å². The SMILES string of the molecule is O=C1CCC(C(=O)N2CCSC2c2cccc(Cl)c2)CC1. The van der Waals surface area contributed by atoms with Crippen LogP contribution < -0.4 is 0 Å². The highest BCUT2D eigenvalue weighted by Crippen LogP contribution is 2.40. The molecule has 0 bridgehead atoms. The molecule has 3 nitrogen and oxygen atoms in total. The van der Waals surface area contributed by atoms with Crippen LogP contribution in [0.4, 0.5) is 0 Å². The van der Waals surface area contributed by atoms with Gasteiger partial charge in [-0.1, -0.05) is 23.7 Å². The third-order valence-corrected chi connectivity index (χ3v) is 5.70. The van der Waals surface area contributed by atoms with Crippen molar-refractivity contribution < 1.29 is 9.59 Å². The van der Waals surface area contributed by atoms with Crippen LogP contribution in [0, 0.1) is 5.92 Å². The van der Waals surface area contributed by atoms with Gasteiger partial charge in [-0.2, -0.15) is 0 Å². The van der Waals surface area contributed by atoms with Crippen molar-refractivity contribution in [3.63, 3.8) is 0 Å². The Balaban J connectivity index is 1.74. The molecule has 21 heavy (non-hydrogen) atoms. The lowest BCUT2D eigenvalue weighted by atomic mass is 9.87. The van der Waals surface area contributed by atoms with E-state index in [9.17, 15) is 9.59 Å². The Labute approximate surface area is 134 Å². The zero-order valence-electron chi connectivity index (χ0n) is 11.8. The van der Waals surface area contributed by atoms with Crippen LogP contribution in [-0.2, 0) is 9.59 Å². The molecule has 1 aliphatic heterocycles.